The van der Waals surface area contributed by atoms with Crippen LogP contribution in [0.25, 0.3) is 0 Å². The number of carbonyl (C=O) groups excluding carboxylic acids is 1. The van der Waals surface area contributed by atoms with E-state index in [0.717, 1.165) is 22.6 Å². The van der Waals surface area contributed by atoms with Crippen LogP contribution in [-0.2, 0) is 4.79 Å². The summed E-state index contributed by atoms with van der Waals surface area (Å²) in [5.41, 5.74) is 1.99. The van der Waals surface area contributed by atoms with Crippen LogP contribution < -0.4 is 14.8 Å². The van der Waals surface area contributed by atoms with Crippen molar-refractivity contribution in [3.63, 3.8) is 0 Å². The average molecular weight is 285 g/mol. The van der Waals surface area contributed by atoms with Gasteiger partial charge in [0.25, 0.3) is 0 Å². The molecule has 1 atom stereocenters. The molecule has 0 aliphatic carbocycles. The van der Waals surface area contributed by atoms with Crippen LogP contribution in [0.4, 0.5) is 0 Å². The second-order valence-electron chi connectivity index (χ2n) is 4.49. The molecule has 0 aromatic heterocycles. The van der Waals surface area contributed by atoms with Gasteiger partial charge in [-0.3, -0.25) is 4.79 Å². The van der Waals surface area contributed by atoms with Crippen LogP contribution in [0.3, 0.4) is 0 Å². The van der Waals surface area contributed by atoms with E-state index in [1.807, 2.05) is 55.5 Å². The van der Waals surface area contributed by atoms with Gasteiger partial charge in [0.2, 0.25) is 6.41 Å². The molecule has 4 heteroatoms. The van der Waals surface area contributed by atoms with E-state index < -0.39 is 0 Å². The van der Waals surface area contributed by atoms with Crippen molar-refractivity contribution in [2.75, 3.05) is 13.7 Å². The molecular formula is C17H19NO3. The molecule has 2 aromatic rings. The Hall–Kier alpha value is -2.49. The minimum absolute atomic E-state index is 0.191. The van der Waals surface area contributed by atoms with E-state index in [1.165, 1.54) is 0 Å². The fourth-order valence-electron chi connectivity index (χ4n) is 2.17. The van der Waals surface area contributed by atoms with Crippen LogP contribution in [0.2, 0.25) is 0 Å². The molecule has 0 fully saturated rings. The molecule has 0 heterocycles. The van der Waals surface area contributed by atoms with Gasteiger partial charge in [0.05, 0.1) is 19.8 Å². The van der Waals surface area contributed by atoms with Gasteiger partial charge < -0.3 is 14.8 Å². The van der Waals surface area contributed by atoms with Crippen LogP contribution in [0, 0.1) is 0 Å². The highest BCUT2D eigenvalue weighted by Gasteiger charge is 2.13. The quantitative estimate of drug-likeness (QED) is 0.796. The van der Waals surface area contributed by atoms with Gasteiger partial charge >= 0.3 is 0 Å². The molecule has 0 radical (unpaired) electrons. The number of amides is 1. The van der Waals surface area contributed by atoms with Gasteiger partial charge in [0.1, 0.15) is 11.5 Å². The summed E-state index contributed by atoms with van der Waals surface area (Å²) in [6, 6.07) is 15.2. The predicted octanol–water partition coefficient (Wildman–Crippen LogP) is 2.93. The molecular weight excluding hydrogens is 266 g/mol. The van der Waals surface area contributed by atoms with E-state index in [4.69, 9.17) is 9.47 Å². The van der Waals surface area contributed by atoms with Gasteiger partial charge in [-0.25, -0.2) is 0 Å². The van der Waals surface area contributed by atoms with Crippen LogP contribution >= 0.6 is 0 Å². The predicted molar refractivity (Wildman–Crippen MR) is 81.6 cm³/mol. The summed E-state index contributed by atoms with van der Waals surface area (Å²) in [6.45, 7) is 2.58. The number of benzene rings is 2. The minimum atomic E-state index is -0.191. The van der Waals surface area contributed by atoms with Crippen molar-refractivity contribution in [3.05, 3.63) is 59.7 Å². The smallest absolute Gasteiger partial charge is 0.207 e. The molecule has 0 unspecified atom stereocenters. The second-order valence-corrected chi connectivity index (χ2v) is 4.49. The van der Waals surface area contributed by atoms with Crippen molar-refractivity contribution in [2.45, 2.75) is 13.0 Å². The summed E-state index contributed by atoms with van der Waals surface area (Å²) in [7, 11) is 1.63. The van der Waals surface area contributed by atoms with Crippen LogP contribution in [-0.4, -0.2) is 20.1 Å². The number of hydrogen-bond donors (Lipinski definition) is 1. The summed E-state index contributed by atoms with van der Waals surface area (Å²) in [6.07, 6.45) is 0.714. The first kappa shape index (κ1) is 14.9. The second kappa shape index (κ2) is 7.33. The Balaban J connectivity index is 2.26. The number of nitrogens with one attached hydrogen (secondary N) is 1. The lowest BCUT2D eigenvalue weighted by Gasteiger charge is -2.18. The van der Waals surface area contributed by atoms with Crippen molar-refractivity contribution in [3.8, 4) is 11.5 Å². The van der Waals surface area contributed by atoms with Crippen LogP contribution in [0.15, 0.2) is 48.5 Å². The van der Waals surface area contributed by atoms with Gasteiger partial charge in [-0.1, -0.05) is 24.3 Å². The third-order valence-corrected chi connectivity index (χ3v) is 3.21. The molecule has 2 rings (SSSR count). The zero-order valence-corrected chi connectivity index (χ0v) is 12.2. The molecule has 1 N–H and O–H groups in total. The Morgan fingerprint density at radius 1 is 1.00 bits per heavy atom. The van der Waals surface area contributed by atoms with Crippen molar-refractivity contribution in [1.82, 2.24) is 5.32 Å². The number of rotatable bonds is 7. The summed E-state index contributed by atoms with van der Waals surface area (Å²) in [5, 5.41) is 2.84. The molecule has 4 nitrogen and oxygen atoms in total. The average Bonchev–Trinajstić information content (AvgIpc) is 2.54. The first-order chi connectivity index (χ1) is 10.3. The molecule has 0 saturated carbocycles. The molecule has 2 aromatic carbocycles. The van der Waals surface area contributed by atoms with Crippen LogP contribution in [0.5, 0.6) is 11.5 Å². The number of ether oxygens (including phenoxy) is 2. The highest BCUT2D eigenvalue weighted by molar-refractivity contribution is 5.51. The number of hydrogen-bond acceptors (Lipinski definition) is 3. The van der Waals surface area contributed by atoms with Crippen molar-refractivity contribution < 1.29 is 14.3 Å². The van der Waals surface area contributed by atoms with Gasteiger partial charge in [-0.05, 0) is 42.3 Å². The Kier molecular flexibility index (Phi) is 5.21. The maximum absolute atomic E-state index is 10.9. The highest BCUT2D eigenvalue weighted by Crippen LogP contribution is 2.25. The standard InChI is InChI=1S/C17H19NO3/c1-3-21-16-10-6-14(7-11-16)17(18-12-19)13-4-8-15(20-2)9-5-13/h4-12,17H,3H2,1-2H3,(H,18,19)/t17-/m0/s1. The fourth-order valence-corrected chi connectivity index (χ4v) is 2.17. The lowest BCUT2D eigenvalue weighted by atomic mass is 9.98. The maximum atomic E-state index is 10.9. The summed E-state index contributed by atoms with van der Waals surface area (Å²) in [4.78, 5) is 10.9. The lowest BCUT2D eigenvalue weighted by molar-refractivity contribution is -0.110. The largest absolute Gasteiger partial charge is 0.497 e. The zero-order valence-electron chi connectivity index (χ0n) is 12.2. The van der Waals surface area contributed by atoms with E-state index in [0.29, 0.717) is 13.0 Å². The highest BCUT2D eigenvalue weighted by atomic mass is 16.5. The molecule has 0 bridgehead atoms. The first-order valence-corrected chi connectivity index (χ1v) is 6.85. The molecule has 0 aliphatic rings. The van der Waals surface area contributed by atoms with Gasteiger partial charge in [-0.2, -0.15) is 0 Å². The molecule has 0 spiro atoms. The Labute approximate surface area is 124 Å². The zero-order chi connectivity index (χ0) is 15.1. The normalized spacial score (nSPS) is 11.5. The minimum Gasteiger partial charge on any atom is -0.497 e. The van der Waals surface area contributed by atoms with E-state index in [-0.39, 0.29) is 6.04 Å². The molecule has 0 aliphatic heterocycles. The molecule has 0 saturated heterocycles. The van der Waals surface area contributed by atoms with Crippen molar-refractivity contribution in [1.29, 1.82) is 0 Å². The monoisotopic (exact) mass is 285 g/mol. The Bertz CT molecular complexity index is 564. The van der Waals surface area contributed by atoms with E-state index >= 15 is 0 Å². The molecule has 21 heavy (non-hydrogen) atoms. The summed E-state index contributed by atoms with van der Waals surface area (Å²) in [5.74, 6) is 1.61. The van der Waals surface area contributed by atoms with Crippen molar-refractivity contribution in [2.24, 2.45) is 0 Å². The topological polar surface area (TPSA) is 47.6 Å². The number of carbonyl (C=O) groups is 1. The molecule has 1 amide bonds. The Morgan fingerprint density at radius 2 is 1.52 bits per heavy atom. The van der Waals surface area contributed by atoms with E-state index in [2.05, 4.69) is 5.32 Å². The maximum Gasteiger partial charge on any atom is 0.207 e. The fraction of sp³-hybridized carbons (Fsp3) is 0.235. The van der Waals surface area contributed by atoms with Gasteiger partial charge in [-0.15, -0.1) is 0 Å². The Morgan fingerprint density at radius 3 is 1.95 bits per heavy atom. The van der Waals surface area contributed by atoms with Crippen molar-refractivity contribution >= 4 is 6.41 Å². The summed E-state index contributed by atoms with van der Waals surface area (Å²) < 4.78 is 10.6. The van der Waals surface area contributed by atoms with Gasteiger partial charge in [0, 0.05) is 0 Å². The molecule has 110 valence electrons. The third kappa shape index (κ3) is 3.75. The van der Waals surface area contributed by atoms with Crippen LogP contribution in [0.1, 0.15) is 24.1 Å². The van der Waals surface area contributed by atoms with E-state index in [9.17, 15) is 4.79 Å². The van der Waals surface area contributed by atoms with E-state index in [1.54, 1.807) is 7.11 Å². The lowest BCUT2D eigenvalue weighted by Crippen LogP contribution is -2.20. The third-order valence-electron chi connectivity index (χ3n) is 3.21. The van der Waals surface area contributed by atoms with Gasteiger partial charge in [0.15, 0.2) is 0 Å². The first-order valence-electron chi connectivity index (χ1n) is 6.85. The summed E-state index contributed by atoms with van der Waals surface area (Å²) >= 11 is 0. The SMILES string of the molecule is CCOc1ccc([C@@H](NC=O)c2ccc(OC)cc2)cc1. The number of methoxy groups -OCH3 is 1.